The molecule has 1 aromatic heterocycles. The first-order valence-corrected chi connectivity index (χ1v) is 6.26. The molecular formula is C12H7BrClFN2O2. The number of carbonyl (C=O) groups is 1. The summed E-state index contributed by atoms with van der Waals surface area (Å²) < 4.78 is 13.4. The molecule has 0 aliphatic heterocycles. The molecule has 4 nitrogen and oxygen atoms in total. The van der Waals surface area contributed by atoms with Gasteiger partial charge in [-0.2, -0.15) is 0 Å². The molecule has 2 N–H and O–H groups in total. The van der Waals surface area contributed by atoms with Crippen LogP contribution in [0.15, 0.2) is 34.8 Å². The molecule has 0 bridgehead atoms. The van der Waals surface area contributed by atoms with Crippen molar-refractivity contribution in [2.24, 2.45) is 0 Å². The topological polar surface area (TPSA) is 62.2 Å². The van der Waals surface area contributed by atoms with Crippen LogP contribution in [0.4, 0.5) is 15.9 Å². The molecule has 7 heteroatoms. The highest BCUT2D eigenvalue weighted by Crippen LogP contribution is 2.24. The van der Waals surface area contributed by atoms with E-state index in [4.69, 9.17) is 16.7 Å². The highest BCUT2D eigenvalue weighted by Gasteiger charge is 2.11. The van der Waals surface area contributed by atoms with Crippen LogP contribution in [0.2, 0.25) is 5.02 Å². The number of carboxylic acids is 1. The molecule has 19 heavy (non-hydrogen) atoms. The maximum Gasteiger partial charge on any atom is 0.356 e. The Balaban J connectivity index is 2.30. The van der Waals surface area contributed by atoms with Crippen molar-refractivity contribution in [3.05, 3.63) is 51.3 Å². The number of nitrogens with zero attached hydrogens (tertiary/aromatic N) is 1. The number of aromatic nitrogens is 1. The van der Waals surface area contributed by atoms with E-state index in [0.717, 1.165) is 0 Å². The lowest BCUT2D eigenvalue weighted by Gasteiger charge is -2.07. The molecule has 0 saturated carbocycles. The number of hydrogen-bond acceptors (Lipinski definition) is 3. The summed E-state index contributed by atoms with van der Waals surface area (Å²) in [5, 5.41) is 11.8. The molecule has 2 rings (SSSR count). The first kappa shape index (κ1) is 13.8. The molecule has 1 heterocycles. The van der Waals surface area contributed by atoms with Gasteiger partial charge in [0.15, 0.2) is 5.69 Å². The Labute approximate surface area is 121 Å². The van der Waals surface area contributed by atoms with Crippen LogP contribution >= 0.6 is 27.5 Å². The number of aromatic carboxylic acids is 1. The van der Waals surface area contributed by atoms with Gasteiger partial charge in [-0.1, -0.05) is 11.6 Å². The number of nitrogens with one attached hydrogen (secondary N) is 1. The fourth-order valence-corrected chi connectivity index (χ4v) is 1.95. The molecule has 0 unspecified atom stereocenters. The molecule has 0 amide bonds. The van der Waals surface area contributed by atoms with Gasteiger partial charge in [-0.05, 0) is 46.3 Å². The highest BCUT2D eigenvalue weighted by atomic mass is 79.9. The van der Waals surface area contributed by atoms with Crippen LogP contribution in [0.25, 0.3) is 0 Å². The zero-order valence-electron chi connectivity index (χ0n) is 9.32. The van der Waals surface area contributed by atoms with Crippen LogP contribution in [-0.2, 0) is 0 Å². The first-order chi connectivity index (χ1) is 8.97. The molecule has 0 fully saturated rings. The van der Waals surface area contributed by atoms with Crippen LogP contribution in [0.5, 0.6) is 0 Å². The van der Waals surface area contributed by atoms with Gasteiger partial charge in [0.2, 0.25) is 0 Å². The van der Waals surface area contributed by atoms with E-state index in [-0.39, 0.29) is 16.5 Å². The van der Waals surface area contributed by atoms with E-state index in [9.17, 15) is 9.18 Å². The van der Waals surface area contributed by atoms with Gasteiger partial charge in [0.1, 0.15) is 11.6 Å². The summed E-state index contributed by atoms with van der Waals surface area (Å²) in [6, 6.07) is 7.27. The monoisotopic (exact) mass is 344 g/mol. The molecule has 1 aromatic carbocycles. The van der Waals surface area contributed by atoms with Crippen molar-refractivity contribution in [2.45, 2.75) is 0 Å². The lowest BCUT2D eigenvalue weighted by atomic mass is 10.3. The zero-order chi connectivity index (χ0) is 14.0. The number of rotatable bonds is 3. The maximum atomic E-state index is 13.1. The van der Waals surface area contributed by atoms with E-state index in [2.05, 4.69) is 26.2 Å². The Bertz CT molecular complexity index is 652. The van der Waals surface area contributed by atoms with Gasteiger partial charge in [0, 0.05) is 5.69 Å². The van der Waals surface area contributed by atoms with Gasteiger partial charge < -0.3 is 10.4 Å². The summed E-state index contributed by atoms with van der Waals surface area (Å²) in [6.07, 6.45) is 0. The summed E-state index contributed by atoms with van der Waals surface area (Å²) in [5.41, 5.74) is 0.326. The van der Waals surface area contributed by atoms with Gasteiger partial charge in [0.05, 0.1) is 9.50 Å². The van der Waals surface area contributed by atoms with Crippen molar-refractivity contribution >= 4 is 45.0 Å². The molecule has 0 atom stereocenters. The Hall–Kier alpha value is -1.66. The van der Waals surface area contributed by atoms with Crippen molar-refractivity contribution in [3.8, 4) is 0 Å². The second kappa shape index (κ2) is 5.54. The summed E-state index contributed by atoms with van der Waals surface area (Å²) in [5.74, 6) is -1.30. The third-order valence-electron chi connectivity index (χ3n) is 2.24. The minimum absolute atomic E-state index is 0.0540. The van der Waals surface area contributed by atoms with E-state index >= 15 is 0 Å². The molecule has 0 aliphatic carbocycles. The Morgan fingerprint density at radius 2 is 2.11 bits per heavy atom. The maximum absolute atomic E-state index is 13.1. The van der Waals surface area contributed by atoms with Crippen LogP contribution in [0.1, 0.15) is 10.5 Å². The third-order valence-corrected chi connectivity index (χ3v) is 3.15. The average Bonchev–Trinajstić information content (AvgIpc) is 2.36. The summed E-state index contributed by atoms with van der Waals surface area (Å²) in [7, 11) is 0. The predicted octanol–water partition coefficient (Wildman–Crippen LogP) is 4.08. The van der Waals surface area contributed by atoms with Crippen molar-refractivity contribution in [1.29, 1.82) is 0 Å². The van der Waals surface area contributed by atoms with E-state index in [1.54, 1.807) is 0 Å². The lowest BCUT2D eigenvalue weighted by molar-refractivity contribution is 0.0691. The molecular weight excluding hydrogens is 338 g/mol. The lowest BCUT2D eigenvalue weighted by Crippen LogP contribution is -2.04. The summed E-state index contributed by atoms with van der Waals surface area (Å²) in [6.45, 7) is 0. The molecule has 98 valence electrons. The SMILES string of the molecule is O=C(O)c1nc(Nc2ccc(F)c(Br)c2)ccc1Cl. The van der Waals surface area contributed by atoms with Crippen LogP contribution in [0, 0.1) is 5.82 Å². The van der Waals surface area contributed by atoms with Crippen molar-refractivity contribution in [3.63, 3.8) is 0 Å². The fraction of sp³-hybridized carbons (Fsp3) is 0. The van der Waals surface area contributed by atoms with E-state index in [0.29, 0.717) is 16.0 Å². The number of anilines is 2. The second-order valence-corrected chi connectivity index (χ2v) is 4.85. The first-order valence-electron chi connectivity index (χ1n) is 5.09. The summed E-state index contributed by atoms with van der Waals surface area (Å²) >= 11 is 8.77. The Kier molecular flexibility index (Phi) is 4.01. The number of pyridine rings is 1. The van der Waals surface area contributed by atoms with Crippen molar-refractivity contribution in [2.75, 3.05) is 5.32 Å². The van der Waals surface area contributed by atoms with Gasteiger partial charge in [-0.25, -0.2) is 14.2 Å². The highest BCUT2D eigenvalue weighted by molar-refractivity contribution is 9.10. The fourth-order valence-electron chi connectivity index (χ4n) is 1.38. The smallest absolute Gasteiger partial charge is 0.356 e. The molecule has 0 aliphatic rings. The molecule has 0 saturated heterocycles. The van der Waals surface area contributed by atoms with Crippen LogP contribution in [0.3, 0.4) is 0 Å². The number of carboxylic acid groups (broad SMARTS) is 1. The Morgan fingerprint density at radius 3 is 2.74 bits per heavy atom. The largest absolute Gasteiger partial charge is 0.476 e. The summed E-state index contributed by atoms with van der Waals surface area (Å²) in [4.78, 5) is 14.8. The molecule has 0 radical (unpaired) electrons. The predicted molar refractivity (Wildman–Crippen MR) is 73.6 cm³/mol. The number of hydrogen-bond donors (Lipinski definition) is 2. The van der Waals surface area contributed by atoms with Crippen molar-refractivity contribution in [1.82, 2.24) is 4.98 Å². The van der Waals surface area contributed by atoms with Gasteiger partial charge in [-0.15, -0.1) is 0 Å². The normalized spacial score (nSPS) is 10.3. The van der Waals surface area contributed by atoms with Crippen LogP contribution < -0.4 is 5.32 Å². The average molecular weight is 346 g/mol. The minimum Gasteiger partial charge on any atom is -0.476 e. The third kappa shape index (κ3) is 3.21. The minimum atomic E-state index is -1.21. The second-order valence-electron chi connectivity index (χ2n) is 3.59. The van der Waals surface area contributed by atoms with Gasteiger partial charge >= 0.3 is 5.97 Å². The quantitative estimate of drug-likeness (QED) is 0.880. The van der Waals surface area contributed by atoms with E-state index in [1.165, 1.54) is 30.3 Å². The van der Waals surface area contributed by atoms with Crippen LogP contribution in [-0.4, -0.2) is 16.1 Å². The Morgan fingerprint density at radius 1 is 1.37 bits per heavy atom. The van der Waals surface area contributed by atoms with Gasteiger partial charge in [-0.3, -0.25) is 0 Å². The number of benzene rings is 1. The zero-order valence-corrected chi connectivity index (χ0v) is 11.7. The number of halogens is 3. The molecule has 2 aromatic rings. The standard InChI is InChI=1S/C12H7BrClFN2O2/c13-7-5-6(1-3-9(7)15)16-10-4-2-8(14)11(17-10)12(18)19/h1-5H,(H,16,17)(H,18,19). The van der Waals surface area contributed by atoms with E-state index < -0.39 is 5.97 Å². The van der Waals surface area contributed by atoms with Gasteiger partial charge in [0.25, 0.3) is 0 Å². The van der Waals surface area contributed by atoms with E-state index in [1.807, 2.05) is 0 Å². The van der Waals surface area contributed by atoms with Crippen molar-refractivity contribution < 1.29 is 14.3 Å². The molecule has 0 spiro atoms.